The van der Waals surface area contributed by atoms with Crippen molar-refractivity contribution in [2.24, 2.45) is 5.73 Å². The van der Waals surface area contributed by atoms with Crippen molar-refractivity contribution in [1.82, 2.24) is 4.90 Å². The lowest BCUT2D eigenvalue weighted by Crippen LogP contribution is -2.42. The van der Waals surface area contributed by atoms with Crippen LogP contribution in [0, 0.1) is 0 Å². The van der Waals surface area contributed by atoms with Crippen LogP contribution in [0.2, 0.25) is 0 Å². The Kier molecular flexibility index (Phi) is 8.02. The van der Waals surface area contributed by atoms with Gasteiger partial charge in [-0.15, -0.1) is 0 Å². The van der Waals surface area contributed by atoms with Gasteiger partial charge in [0.15, 0.2) is 0 Å². The first-order valence-corrected chi connectivity index (χ1v) is 6.12. The summed E-state index contributed by atoms with van der Waals surface area (Å²) in [6.45, 7) is 10.2. The Balaban J connectivity index is 3.84. The SMILES string of the molecule is CC(C)N(CC(O)CCCCN)C(C)C. The predicted octanol–water partition coefficient (Wildman–Crippen LogP) is 1.60. The van der Waals surface area contributed by atoms with E-state index in [1.165, 1.54) is 0 Å². The Labute approximate surface area is 94.6 Å². The number of unbranched alkanes of at least 4 members (excludes halogenated alkanes) is 1. The molecule has 3 N–H and O–H groups in total. The highest BCUT2D eigenvalue weighted by atomic mass is 16.3. The van der Waals surface area contributed by atoms with Crippen LogP contribution in [0.25, 0.3) is 0 Å². The summed E-state index contributed by atoms with van der Waals surface area (Å²) in [5, 5.41) is 9.86. The summed E-state index contributed by atoms with van der Waals surface area (Å²) in [6, 6.07) is 0.989. The number of aliphatic hydroxyl groups excluding tert-OH is 1. The van der Waals surface area contributed by atoms with Crippen LogP contribution < -0.4 is 5.73 Å². The molecule has 0 aliphatic carbocycles. The Morgan fingerprint density at radius 2 is 1.60 bits per heavy atom. The second kappa shape index (κ2) is 8.08. The standard InChI is InChI=1S/C12H28N2O/c1-10(2)14(11(3)4)9-12(15)7-5-6-8-13/h10-12,15H,5-9,13H2,1-4H3. The zero-order chi connectivity index (χ0) is 11.8. The average Bonchev–Trinajstić information content (AvgIpc) is 2.13. The summed E-state index contributed by atoms with van der Waals surface area (Å²) in [5.41, 5.74) is 5.42. The quantitative estimate of drug-likeness (QED) is 0.606. The van der Waals surface area contributed by atoms with Gasteiger partial charge >= 0.3 is 0 Å². The average molecular weight is 216 g/mol. The lowest BCUT2D eigenvalue weighted by Gasteiger charge is -2.32. The minimum Gasteiger partial charge on any atom is -0.392 e. The van der Waals surface area contributed by atoms with Gasteiger partial charge in [-0.05, 0) is 53.5 Å². The topological polar surface area (TPSA) is 49.5 Å². The van der Waals surface area contributed by atoms with Crippen molar-refractivity contribution in [3.8, 4) is 0 Å². The minimum absolute atomic E-state index is 0.207. The first kappa shape index (κ1) is 14.9. The lowest BCUT2D eigenvalue weighted by atomic mass is 10.1. The van der Waals surface area contributed by atoms with Crippen LogP contribution in [-0.4, -0.2) is 41.3 Å². The molecule has 0 aromatic carbocycles. The van der Waals surface area contributed by atoms with Gasteiger partial charge in [0.05, 0.1) is 6.10 Å². The maximum Gasteiger partial charge on any atom is 0.0667 e. The highest BCUT2D eigenvalue weighted by molar-refractivity contribution is 4.71. The van der Waals surface area contributed by atoms with Gasteiger partial charge < -0.3 is 10.8 Å². The van der Waals surface area contributed by atoms with Gasteiger partial charge in [0.25, 0.3) is 0 Å². The first-order valence-electron chi connectivity index (χ1n) is 6.12. The molecule has 0 aliphatic heterocycles. The zero-order valence-electron chi connectivity index (χ0n) is 10.7. The van der Waals surface area contributed by atoms with Crippen molar-refractivity contribution in [2.45, 2.75) is 65.1 Å². The molecule has 0 bridgehead atoms. The molecule has 0 aliphatic rings. The van der Waals surface area contributed by atoms with E-state index in [1.54, 1.807) is 0 Å². The molecule has 0 heterocycles. The summed E-state index contributed by atoms with van der Waals surface area (Å²) in [5.74, 6) is 0. The van der Waals surface area contributed by atoms with Crippen LogP contribution in [0.5, 0.6) is 0 Å². The van der Waals surface area contributed by atoms with Crippen molar-refractivity contribution < 1.29 is 5.11 Å². The predicted molar refractivity (Wildman–Crippen MR) is 65.9 cm³/mol. The molecule has 15 heavy (non-hydrogen) atoms. The van der Waals surface area contributed by atoms with Crippen molar-refractivity contribution in [1.29, 1.82) is 0 Å². The van der Waals surface area contributed by atoms with Crippen LogP contribution in [0.3, 0.4) is 0 Å². The highest BCUT2D eigenvalue weighted by Crippen LogP contribution is 2.09. The smallest absolute Gasteiger partial charge is 0.0667 e. The van der Waals surface area contributed by atoms with Gasteiger partial charge in [-0.2, -0.15) is 0 Å². The summed E-state index contributed by atoms with van der Waals surface area (Å²) >= 11 is 0. The molecule has 0 aromatic heterocycles. The zero-order valence-corrected chi connectivity index (χ0v) is 10.7. The fraction of sp³-hybridized carbons (Fsp3) is 1.00. The third-order valence-electron chi connectivity index (χ3n) is 2.74. The van der Waals surface area contributed by atoms with Crippen LogP contribution in [0.1, 0.15) is 47.0 Å². The fourth-order valence-electron chi connectivity index (χ4n) is 1.88. The molecule has 0 amide bonds. The van der Waals surface area contributed by atoms with E-state index < -0.39 is 0 Å². The molecular formula is C12H28N2O. The van der Waals surface area contributed by atoms with Crippen LogP contribution in [0.4, 0.5) is 0 Å². The van der Waals surface area contributed by atoms with Crippen LogP contribution >= 0.6 is 0 Å². The molecule has 0 saturated heterocycles. The van der Waals surface area contributed by atoms with Gasteiger partial charge in [0.2, 0.25) is 0 Å². The number of hydrogen-bond donors (Lipinski definition) is 2. The fourth-order valence-corrected chi connectivity index (χ4v) is 1.88. The van der Waals surface area contributed by atoms with Gasteiger partial charge in [0.1, 0.15) is 0 Å². The maximum atomic E-state index is 9.86. The maximum absolute atomic E-state index is 9.86. The Morgan fingerprint density at radius 3 is 2.00 bits per heavy atom. The monoisotopic (exact) mass is 216 g/mol. The lowest BCUT2D eigenvalue weighted by molar-refractivity contribution is 0.0693. The van der Waals surface area contributed by atoms with E-state index >= 15 is 0 Å². The van der Waals surface area contributed by atoms with E-state index in [0.29, 0.717) is 12.1 Å². The third kappa shape index (κ3) is 6.88. The molecular weight excluding hydrogens is 188 g/mol. The van der Waals surface area contributed by atoms with E-state index in [-0.39, 0.29) is 6.10 Å². The Bertz CT molecular complexity index is 141. The minimum atomic E-state index is -0.207. The summed E-state index contributed by atoms with van der Waals surface area (Å²) in [6.07, 6.45) is 2.70. The van der Waals surface area contributed by atoms with Crippen molar-refractivity contribution in [3.05, 3.63) is 0 Å². The molecule has 0 aromatic rings. The third-order valence-corrected chi connectivity index (χ3v) is 2.74. The van der Waals surface area contributed by atoms with Crippen molar-refractivity contribution >= 4 is 0 Å². The number of nitrogens with two attached hydrogens (primary N) is 1. The molecule has 1 atom stereocenters. The van der Waals surface area contributed by atoms with E-state index in [4.69, 9.17) is 5.73 Å². The summed E-state index contributed by atoms with van der Waals surface area (Å²) in [4.78, 5) is 2.33. The molecule has 0 radical (unpaired) electrons. The number of nitrogens with zero attached hydrogens (tertiary/aromatic N) is 1. The van der Waals surface area contributed by atoms with Gasteiger partial charge in [-0.3, -0.25) is 4.90 Å². The molecule has 3 heteroatoms. The molecule has 92 valence electrons. The van der Waals surface area contributed by atoms with E-state index in [0.717, 1.165) is 32.4 Å². The highest BCUT2D eigenvalue weighted by Gasteiger charge is 2.16. The van der Waals surface area contributed by atoms with Crippen LogP contribution in [-0.2, 0) is 0 Å². The summed E-state index contributed by atoms with van der Waals surface area (Å²) in [7, 11) is 0. The number of hydrogen-bond acceptors (Lipinski definition) is 3. The molecule has 0 fully saturated rings. The molecule has 0 saturated carbocycles. The Hall–Kier alpha value is -0.120. The van der Waals surface area contributed by atoms with Gasteiger partial charge in [0, 0.05) is 18.6 Å². The van der Waals surface area contributed by atoms with E-state index in [1.807, 2.05) is 0 Å². The van der Waals surface area contributed by atoms with Crippen molar-refractivity contribution in [3.63, 3.8) is 0 Å². The largest absolute Gasteiger partial charge is 0.392 e. The molecule has 0 spiro atoms. The molecule has 1 unspecified atom stereocenters. The van der Waals surface area contributed by atoms with E-state index in [2.05, 4.69) is 32.6 Å². The second-order valence-corrected chi connectivity index (χ2v) is 4.82. The molecule has 0 rings (SSSR count). The van der Waals surface area contributed by atoms with E-state index in [9.17, 15) is 5.11 Å². The summed E-state index contributed by atoms with van der Waals surface area (Å²) < 4.78 is 0. The van der Waals surface area contributed by atoms with Gasteiger partial charge in [-0.1, -0.05) is 0 Å². The second-order valence-electron chi connectivity index (χ2n) is 4.82. The number of rotatable bonds is 8. The molecule has 3 nitrogen and oxygen atoms in total. The number of aliphatic hydroxyl groups is 1. The Morgan fingerprint density at radius 1 is 1.07 bits per heavy atom. The van der Waals surface area contributed by atoms with Gasteiger partial charge in [-0.25, -0.2) is 0 Å². The van der Waals surface area contributed by atoms with Crippen molar-refractivity contribution in [2.75, 3.05) is 13.1 Å². The van der Waals surface area contributed by atoms with Crippen LogP contribution in [0.15, 0.2) is 0 Å². The first-order chi connectivity index (χ1) is 6.99. The normalized spacial score (nSPS) is 14.2.